The predicted molar refractivity (Wildman–Crippen MR) is 133 cm³/mol. The zero-order chi connectivity index (χ0) is 22.5. The summed E-state index contributed by atoms with van der Waals surface area (Å²) >= 11 is 1.63. The van der Waals surface area contributed by atoms with Crippen molar-refractivity contribution in [2.24, 2.45) is 0 Å². The number of thioether (sulfide) groups is 1. The van der Waals surface area contributed by atoms with Crippen LogP contribution in [0.1, 0.15) is 48.3 Å². The summed E-state index contributed by atoms with van der Waals surface area (Å²) in [5.41, 5.74) is 5.02. The summed E-state index contributed by atoms with van der Waals surface area (Å²) in [5.74, 6) is 0.402. The van der Waals surface area contributed by atoms with Crippen molar-refractivity contribution in [2.75, 3.05) is 16.0 Å². The van der Waals surface area contributed by atoms with Crippen LogP contribution in [-0.4, -0.2) is 17.6 Å². The molecule has 2 atom stereocenters. The summed E-state index contributed by atoms with van der Waals surface area (Å²) in [6, 6.07) is 25.9. The molecule has 32 heavy (non-hydrogen) atoms. The van der Waals surface area contributed by atoms with E-state index in [0.717, 1.165) is 35.3 Å². The second kappa shape index (κ2) is 10.0. The van der Waals surface area contributed by atoms with E-state index in [1.54, 1.807) is 11.8 Å². The van der Waals surface area contributed by atoms with Gasteiger partial charge in [0.05, 0.1) is 11.7 Å². The van der Waals surface area contributed by atoms with Crippen LogP contribution in [-0.2, 0) is 16.0 Å². The fourth-order valence-corrected chi connectivity index (χ4v) is 5.24. The van der Waals surface area contributed by atoms with Crippen molar-refractivity contribution in [1.82, 2.24) is 0 Å². The number of carbonyl (C=O) groups is 2. The number of anilines is 2. The fourth-order valence-electron chi connectivity index (χ4n) is 4.06. The van der Waals surface area contributed by atoms with E-state index in [1.807, 2.05) is 78.6 Å². The van der Waals surface area contributed by atoms with Crippen molar-refractivity contribution in [3.05, 3.63) is 95.6 Å². The van der Waals surface area contributed by atoms with Crippen LogP contribution < -0.4 is 10.2 Å². The second-order valence-electron chi connectivity index (χ2n) is 7.93. The first-order valence-corrected chi connectivity index (χ1v) is 12.1. The number of nitrogens with one attached hydrogen (secondary N) is 1. The molecule has 164 valence electrons. The van der Waals surface area contributed by atoms with E-state index in [2.05, 4.69) is 24.4 Å². The van der Waals surface area contributed by atoms with E-state index in [0.29, 0.717) is 5.75 Å². The van der Waals surface area contributed by atoms with Crippen molar-refractivity contribution < 1.29 is 9.59 Å². The molecule has 1 fully saturated rings. The fraction of sp³-hybridized carbons (Fsp3) is 0.259. The highest BCUT2D eigenvalue weighted by Crippen LogP contribution is 2.42. The van der Waals surface area contributed by atoms with Crippen molar-refractivity contribution in [3.8, 4) is 0 Å². The monoisotopic (exact) mass is 444 g/mol. The molecule has 0 aliphatic carbocycles. The predicted octanol–water partition coefficient (Wildman–Crippen LogP) is 6.16. The van der Waals surface area contributed by atoms with Gasteiger partial charge < -0.3 is 5.32 Å². The second-order valence-corrected chi connectivity index (χ2v) is 9.00. The smallest absolute Gasteiger partial charge is 0.238 e. The summed E-state index contributed by atoms with van der Waals surface area (Å²) in [7, 11) is 0. The molecule has 0 unspecified atom stereocenters. The van der Waals surface area contributed by atoms with Crippen LogP contribution in [0, 0.1) is 0 Å². The van der Waals surface area contributed by atoms with E-state index < -0.39 is 0 Å². The number of hydrogen-bond donors (Lipinski definition) is 1. The number of rotatable bonds is 7. The molecule has 3 aromatic carbocycles. The Morgan fingerprint density at radius 2 is 1.69 bits per heavy atom. The van der Waals surface area contributed by atoms with Gasteiger partial charge in [-0.2, -0.15) is 0 Å². The summed E-state index contributed by atoms with van der Waals surface area (Å²) < 4.78 is 0. The third-order valence-electron chi connectivity index (χ3n) is 5.88. The van der Waals surface area contributed by atoms with Crippen LogP contribution in [0.15, 0.2) is 78.9 Å². The Bertz CT molecular complexity index is 1070. The molecule has 5 heteroatoms. The Morgan fingerprint density at radius 3 is 2.31 bits per heavy atom. The first-order chi connectivity index (χ1) is 15.6. The highest BCUT2D eigenvalue weighted by Gasteiger charge is 2.34. The van der Waals surface area contributed by atoms with Crippen LogP contribution in [0.2, 0.25) is 0 Å². The topological polar surface area (TPSA) is 49.4 Å². The van der Waals surface area contributed by atoms with Gasteiger partial charge in [-0.25, -0.2) is 0 Å². The molecule has 0 spiro atoms. The summed E-state index contributed by atoms with van der Waals surface area (Å²) in [6.45, 7) is 4.15. The minimum absolute atomic E-state index is 0.00508. The van der Waals surface area contributed by atoms with E-state index in [4.69, 9.17) is 0 Å². The maximum absolute atomic E-state index is 12.8. The lowest BCUT2D eigenvalue weighted by molar-refractivity contribution is -0.118. The van der Waals surface area contributed by atoms with Gasteiger partial charge >= 0.3 is 0 Å². The molecule has 0 radical (unpaired) electrons. The van der Waals surface area contributed by atoms with E-state index in [-0.39, 0.29) is 23.1 Å². The largest absolute Gasteiger partial charge is 0.326 e. The number of amides is 2. The minimum atomic E-state index is -0.180. The number of hydrogen-bond acceptors (Lipinski definition) is 3. The molecule has 1 aliphatic rings. The minimum Gasteiger partial charge on any atom is -0.326 e. The molecule has 1 N–H and O–H groups in total. The highest BCUT2D eigenvalue weighted by atomic mass is 32.2. The molecule has 2 amide bonds. The van der Waals surface area contributed by atoms with Gasteiger partial charge in [-0.3, -0.25) is 14.5 Å². The number of nitrogens with zero attached hydrogens (tertiary/aromatic N) is 1. The van der Waals surface area contributed by atoms with Crippen LogP contribution in [0.4, 0.5) is 11.4 Å². The highest BCUT2D eigenvalue weighted by molar-refractivity contribution is 8.00. The molecular formula is C27H28N2O2S. The first-order valence-electron chi connectivity index (χ1n) is 11.1. The van der Waals surface area contributed by atoms with Gasteiger partial charge in [0.1, 0.15) is 5.37 Å². The molecule has 0 aromatic heterocycles. The lowest BCUT2D eigenvalue weighted by Crippen LogP contribution is -2.27. The Balaban J connectivity index is 1.48. The SMILES string of the molecule is CCc1ccc(N2C(=O)CS[C@H]2c2ccc(NC(=O)[C@@H](CC)c3ccccc3)cc2)cc1. The standard InChI is InChI=1S/C27H28N2O2S/c1-3-19-10-16-23(17-11-19)29-25(30)18-32-27(29)21-12-14-22(15-13-21)28-26(31)24(4-2)20-8-6-5-7-9-20/h5-17,24,27H,3-4,18H2,1-2H3,(H,28,31)/t24-,27-/m0/s1. The number of aryl methyl sites for hydroxylation is 1. The molecular weight excluding hydrogens is 416 g/mol. The molecule has 0 bridgehead atoms. The molecule has 3 aromatic rings. The Kier molecular flexibility index (Phi) is 6.96. The number of carbonyl (C=O) groups excluding carboxylic acids is 2. The van der Waals surface area contributed by atoms with E-state index in [1.165, 1.54) is 5.56 Å². The molecule has 0 saturated carbocycles. The zero-order valence-corrected chi connectivity index (χ0v) is 19.3. The molecule has 4 nitrogen and oxygen atoms in total. The zero-order valence-electron chi connectivity index (χ0n) is 18.5. The summed E-state index contributed by atoms with van der Waals surface area (Å²) in [4.78, 5) is 27.3. The summed E-state index contributed by atoms with van der Waals surface area (Å²) in [5, 5.41) is 2.98. The Morgan fingerprint density at radius 1 is 1.00 bits per heavy atom. The van der Waals surface area contributed by atoms with Crippen molar-refractivity contribution in [3.63, 3.8) is 0 Å². The average Bonchev–Trinajstić information content (AvgIpc) is 3.22. The molecule has 1 saturated heterocycles. The lowest BCUT2D eigenvalue weighted by atomic mass is 9.95. The van der Waals surface area contributed by atoms with Crippen molar-refractivity contribution in [1.29, 1.82) is 0 Å². The molecule has 4 rings (SSSR count). The van der Waals surface area contributed by atoms with E-state index >= 15 is 0 Å². The van der Waals surface area contributed by atoms with Crippen molar-refractivity contribution >= 4 is 35.0 Å². The third-order valence-corrected chi connectivity index (χ3v) is 7.09. The maximum Gasteiger partial charge on any atom is 0.238 e. The molecule has 1 aliphatic heterocycles. The average molecular weight is 445 g/mol. The van der Waals surface area contributed by atoms with Crippen LogP contribution in [0.5, 0.6) is 0 Å². The van der Waals surface area contributed by atoms with Gasteiger partial charge in [0.25, 0.3) is 0 Å². The van der Waals surface area contributed by atoms with Crippen LogP contribution in [0.25, 0.3) is 0 Å². The number of benzene rings is 3. The van der Waals surface area contributed by atoms with Crippen LogP contribution in [0.3, 0.4) is 0 Å². The van der Waals surface area contributed by atoms with Gasteiger partial charge in [-0.1, -0.05) is 68.4 Å². The maximum atomic E-state index is 12.8. The van der Waals surface area contributed by atoms with Crippen molar-refractivity contribution in [2.45, 2.75) is 38.0 Å². The quantitative estimate of drug-likeness (QED) is 0.475. The van der Waals surface area contributed by atoms with Gasteiger partial charge in [-0.15, -0.1) is 11.8 Å². The van der Waals surface area contributed by atoms with Gasteiger partial charge in [0.15, 0.2) is 0 Å². The molecule has 1 heterocycles. The normalized spacial score (nSPS) is 16.8. The van der Waals surface area contributed by atoms with Gasteiger partial charge in [0.2, 0.25) is 11.8 Å². The van der Waals surface area contributed by atoms with Gasteiger partial charge in [0, 0.05) is 11.4 Å². The first kappa shape index (κ1) is 22.2. The summed E-state index contributed by atoms with van der Waals surface area (Å²) in [6.07, 6.45) is 1.71. The van der Waals surface area contributed by atoms with E-state index in [9.17, 15) is 9.59 Å². The van der Waals surface area contributed by atoms with Gasteiger partial charge in [-0.05, 0) is 53.8 Å². The van der Waals surface area contributed by atoms with Crippen LogP contribution >= 0.6 is 11.8 Å². The Hall–Kier alpha value is -3.05. The Labute approximate surface area is 194 Å². The third kappa shape index (κ3) is 4.73. The lowest BCUT2D eigenvalue weighted by Gasteiger charge is -2.25.